The van der Waals surface area contributed by atoms with Crippen LogP contribution in [0.1, 0.15) is 44.0 Å². The number of carbonyl (C=O) groups is 2. The lowest BCUT2D eigenvalue weighted by molar-refractivity contribution is -0.127. The molecule has 1 saturated heterocycles. The molecule has 1 aliphatic heterocycles. The van der Waals surface area contributed by atoms with Gasteiger partial charge < -0.3 is 19.7 Å². The van der Waals surface area contributed by atoms with Gasteiger partial charge in [0.25, 0.3) is 5.91 Å². The van der Waals surface area contributed by atoms with Gasteiger partial charge in [-0.15, -0.1) is 0 Å². The van der Waals surface area contributed by atoms with Gasteiger partial charge in [-0.1, -0.05) is 0 Å². The molecule has 0 spiro atoms. The molecule has 0 aliphatic carbocycles. The molecular formula is C19H28N2O4. The average Bonchev–Trinajstić information content (AvgIpc) is 2.59. The van der Waals surface area contributed by atoms with Gasteiger partial charge in [-0.05, 0) is 45.7 Å². The quantitative estimate of drug-likeness (QED) is 0.908. The molecule has 1 aromatic carbocycles. The molecule has 6 heteroatoms. The number of methoxy groups -OCH3 is 2. The zero-order valence-electron chi connectivity index (χ0n) is 15.7. The lowest BCUT2D eigenvalue weighted by Crippen LogP contribution is -2.47. The topological polar surface area (TPSA) is 67.9 Å². The average molecular weight is 348 g/mol. The summed E-state index contributed by atoms with van der Waals surface area (Å²) in [5.41, 5.74) is 0.301. The maximum atomic E-state index is 12.8. The molecule has 0 atom stereocenters. The van der Waals surface area contributed by atoms with Crippen LogP contribution >= 0.6 is 0 Å². The number of benzene rings is 1. The highest BCUT2D eigenvalue weighted by atomic mass is 16.5. The zero-order valence-corrected chi connectivity index (χ0v) is 15.7. The van der Waals surface area contributed by atoms with Gasteiger partial charge in [0.2, 0.25) is 5.91 Å². The van der Waals surface area contributed by atoms with Crippen molar-refractivity contribution in [3.63, 3.8) is 0 Å². The van der Waals surface area contributed by atoms with Crippen LogP contribution in [0.5, 0.6) is 11.5 Å². The number of nitrogens with zero attached hydrogens (tertiary/aromatic N) is 1. The molecule has 0 radical (unpaired) electrons. The summed E-state index contributed by atoms with van der Waals surface area (Å²) in [6.45, 7) is 7.06. The number of amides is 2. The minimum atomic E-state index is -0.235. The molecule has 2 amide bonds. The first-order valence-corrected chi connectivity index (χ1v) is 8.58. The Morgan fingerprint density at radius 1 is 1.04 bits per heavy atom. The van der Waals surface area contributed by atoms with E-state index in [9.17, 15) is 9.59 Å². The summed E-state index contributed by atoms with van der Waals surface area (Å²) in [7, 11) is 3.12. The first-order chi connectivity index (χ1) is 11.7. The molecule has 2 rings (SSSR count). The van der Waals surface area contributed by atoms with Crippen molar-refractivity contribution >= 4 is 11.8 Å². The fourth-order valence-corrected chi connectivity index (χ4v) is 2.93. The zero-order chi connectivity index (χ0) is 18.6. The second-order valence-electron chi connectivity index (χ2n) is 7.41. The van der Waals surface area contributed by atoms with Crippen LogP contribution in [0.2, 0.25) is 0 Å². The summed E-state index contributed by atoms with van der Waals surface area (Å²) in [6, 6.07) is 5.16. The Labute approximate surface area is 149 Å². The fraction of sp³-hybridized carbons (Fsp3) is 0.579. The van der Waals surface area contributed by atoms with Gasteiger partial charge in [0.05, 0.1) is 14.2 Å². The third kappa shape index (κ3) is 5.11. The largest absolute Gasteiger partial charge is 0.497 e. The van der Waals surface area contributed by atoms with Crippen LogP contribution in [0.25, 0.3) is 0 Å². The molecule has 1 aliphatic rings. The van der Waals surface area contributed by atoms with E-state index in [0.29, 0.717) is 43.0 Å². The minimum absolute atomic E-state index is 0.0388. The van der Waals surface area contributed by atoms with E-state index < -0.39 is 0 Å². The number of carbonyl (C=O) groups excluding carboxylic acids is 2. The second-order valence-corrected chi connectivity index (χ2v) is 7.41. The van der Waals surface area contributed by atoms with E-state index in [1.165, 1.54) is 0 Å². The lowest BCUT2D eigenvalue weighted by atomic mass is 9.94. The van der Waals surface area contributed by atoms with Crippen molar-refractivity contribution in [2.24, 2.45) is 5.92 Å². The third-order valence-electron chi connectivity index (χ3n) is 4.25. The normalized spacial score (nSPS) is 15.6. The van der Waals surface area contributed by atoms with Crippen molar-refractivity contribution in [2.75, 3.05) is 27.3 Å². The van der Waals surface area contributed by atoms with Crippen molar-refractivity contribution in [3.8, 4) is 11.5 Å². The van der Waals surface area contributed by atoms with Crippen LogP contribution in [0.4, 0.5) is 0 Å². The third-order valence-corrected chi connectivity index (χ3v) is 4.25. The summed E-state index contributed by atoms with van der Waals surface area (Å²) in [4.78, 5) is 26.8. The van der Waals surface area contributed by atoms with E-state index >= 15 is 0 Å². The number of hydrogen-bond donors (Lipinski definition) is 1. The number of nitrogens with one attached hydrogen (secondary N) is 1. The number of likely N-dealkylation sites (tertiary alicyclic amines) is 1. The summed E-state index contributed by atoms with van der Waals surface area (Å²) < 4.78 is 10.5. The van der Waals surface area contributed by atoms with Crippen LogP contribution in [0.15, 0.2) is 18.2 Å². The number of piperidine rings is 1. The predicted molar refractivity (Wildman–Crippen MR) is 96.1 cm³/mol. The Morgan fingerprint density at radius 3 is 2.00 bits per heavy atom. The van der Waals surface area contributed by atoms with E-state index in [4.69, 9.17) is 9.47 Å². The van der Waals surface area contributed by atoms with E-state index in [2.05, 4.69) is 5.32 Å². The maximum absolute atomic E-state index is 12.8. The van der Waals surface area contributed by atoms with Crippen molar-refractivity contribution in [1.29, 1.82) is 0 Å². The number of hydrogen-bond acceptors (Lipinski definition) is 4. The van der Waals surface area contributed by atoms with Crippen LogP contribution in [0.3, 0.4) is 0 Å². The summed E-state index contributed by atoms with van der Waals surface area (Å²) >= 11 is 0. The molecule has 1 aromatic rings. The van der Waals surface area contributed by atoms with E-state index in [0.717, 1.165) is 0 Å². The standard InChI is InChI=1S/C19H28N2O4/c1-19(2,3)20-17(22)13-6-8-21(9-7-13)18(23)14-10-15(24-4)12-16(11-14)25-5/h10-13H,6-9H2,1-5H3,(H,20,22). The predicted octanol–water partition coefficient (Wildman–Crippen LogP) is 2.47. The Kier molecular flexibility index (Phi) is 5.93. The van der Waals surface area contributed by atoms with Gasteiger partial charge in [0.1, 0.15) is 11.5 Å². The lowest BCUT2D eigenvalue weighted by Gasteiger charge is -2.33. The first kappa shape index (κ1) is 19.1. The molecule has 0 unspecified atom stereocenters. The van der Waals surface area contributed by atoms with Crippen molar-refractivity contribution in [2.45, 2.75) is 39.2 Å². The highest BCUT2D eigenvalue weighted by Crippen LogP contribution is 2.25. The molecule has 1 N–H and O–H groups in total. The second kappa shape index (κ2) is 7.76. The van der Waals surface area contributed by atoms with E-state index in [1.54, 1.807) is 37.3 Å². The molecule has 1 fully saturated rings. The molecule has 0 saturated carbocycles. The highest BCUT2D eigenvalue weighted by molar-refractivity contribution is 5.95. The number of ether oxygens (including phenoxy) is 2. The molecule has 1 heterocycles. The first-order valence-electron chi connectivity index (χ1n) is 8.58. The minimum Gasteiger partial charge on any atom is -0.497 e. The molecule has 25 heavy (non-hydrogen) atoms. The van der Waals surface area contributed by atoms with Crippen LogP contribution in [-0.2, 0) is 4.79 Å². The fourth-order valence-electron chi connectivity index (χ4n) is 2.93. The van der Waals surface area contributed by atoms with Gasteiger partial charge >= 0.3 is 0 Å². The van der Waals surface area contributed by atoms with Crippen molar-refractivity contribution in [3.05, 3.63) is 23.8 Å². The van der Waals surface area contributed by atoms with Gasteiger partial charge in [-0.3, -0.25) is 9.59 Å². The van der Waals surface area contributed by atoms with Crippen LogP contribution in [0, 0.1) is 5.92 Å². The summed E-state index contributed by atoms with van der Waals surface area (Å²) in [5, 5.41) is 3.02. The smallest absolute Gasteiger partial charge is 0.254 e. The van der Waals surface area contributed by atoms with Crippen molar-refractivity contribution in [1.82, 2.24) is 10.2 Å². The summed E-state index contributed by atoms with van der Waals surface area (Å²) in [6.07, 6.45) is 1.35. The number of rotatable bonds is 4. The Balaban J connectivity index is 2.01. The van der Waals surface area contributed by atoms with Gasteiger partial charge in [0.15, 0.2) is 0 Å². The van der Waals surface area contributed by atoms with Gasteiger partial charge in [-0.2, -0.15) is 0 Å². The Hall–Kier alpha value is -2.24. The van der Waals surface area contributed by atoms with Gasteiger partial charge in [0, 0.05) is 36.2 Å². The Bertz CT molecular complexity index is 607. The molecular weight excluding hydrogens is 320 g/mol. The van der Waals surface area contributed by atoms with Crippen LogP contribution < -0.4 is 14.8 Å². The molecule has 6 nitrogen and oxygen atoms in total. The van der Waals surface area contributed by atoms with E-state index in [-0.39, 0.29) is 23.3 Å². The molecule has 0 aromatic heterocycles. The molecule has 138 valence electrons. The van der Waals surface area contributed by atoms with Crippen LogP contribution in [-0.4, -0.2) is 49.6 Å². The Morgan fingerprint density at radius 2 is 1.56 bits per heavy atom. The SMILES string of the molecule is COc1cc(OC)cc(C(=O)N2CCC(C(=O)NC(C)(C)C)CC2)c1. The van der Waals surface area contributed by atoms with E-state index in [1.807, 2.05) is 20.8 Å². The molecule has 0 bridgehead atoms. The van der Waals surface area contributed by atoms with Crippen molar-refractivity contribution < 1.29 is 19.1 Å². The highest BCUT2D eigenvalue weighted by Gasteiger charge is 2.29. The monoisotopic (exact) mass is 348 g/mol. The van der Waals surface area contributed by atoms with Gasteiger partial charge in [-0.25, -0.2) is 0 Å². The summed E-state index contributed by atoms with van der Waals surface area (Å²) in [5.74, 6) is 1.14. The maximum Gasteiger partial charge on any atom is 0.254 e.